The summed E-state index contributed by atoms with van der Waals surface area (Å²) in [5, 5.41) is 8.05. The summed E-state index contributed by atoms with van der Waals surface area (Å²) in [6.45, 7) is 4.83. The van der Waals surface area contributed by atoms with Crippen molar-refractivity contribution in [3.8, 4) is 0 Å². The van der Waals surface area contributed by atoms with E-state index in [1.165, 1.54) is 4.90 Å². The fourth-order valence-corrected chi connectivity index (χ4v) is 2.71. The fraction of sp³-hybridized carbons (Fsp3) is 0.300. The number of amides is 1. The van der Waals surface area contributed by atoms with E-state index in [9.17, 15) is 9.59 Å². The third kappa shape index (κ3) is 4.31. The quantitative estimate of drug-likeness (QED) is 0.627. The second-order valence-corrected chi connectivity index (χ2v) is 6.42. The topological polar surface area (TPSA) is 77.3 Å². The van der Waals surface area contributed by atoms with Crippen LogP contribution in [-0.2, 0) is 22.6 Å². The molecule has 3 aromatic rings. The van der Waals surface area contributed by atoms with Gasteiger partial charge in [0.2, 0.25) is 0 Å². The molecule has 27 heavy (non-hydrogen) atoms. The molecule has 0 aliphatic heterocycles. The highest BCUT2D eigenvalue weighted by Gasteiger charge is 2.15. The first-order valence-corrected chi connectivity index (χ1v) is 8.78. The molecule has 0 fully saturated rings. The number of carbonyl (C=O) groups is 2. The van der Waals surface area contributed by atoms with E-state index in [2.05, 4.69) is 10.3 Å². The normalized spacial score (nSPS) is 10.8. The first kappa shape index (κ1) is 18.6. The summed E-state index contributed by atoms with van der Waals surface area (Å²) in [6.07, 6.45) is 0. The van der Waals surface area contributed by atoms with E-state index in [0.717, 1.165) is 16.6 Å². The summed E-state index contributed by atoms with van der Waals surface area (Å²) >= 11 is 0. The second kappa shape index (κ2) is 7.99. The maximum Gasteiger partial charge on any atom is 0.338 e. The van der Waals surface area contributed by atoms with Crippen molar-refractivity contribution in [3.05, 3.63) is 59.2 Å². The Bertz CT molecular complexity index is 963. The number of carbonyl (C=O) groups excluding carboxylic acids is 2. The van der Waals surface area contributed by atoms with Crippen LogP contribution < -0.4 is 0 Å². The van der Waals surface area contributed by atoms with Gasteiger partial charge < -0.3 is 9.64 Å². The molecular formula is C20H22N4O3. The van der Waals surface area contributed by atoms with Crippen LogP contribution >= 0.6 is 0 Å². The van der Waals surface area contributed by atoms with E-state index >= 15 is 0 Å². The van der Waals surface area contributed by atoms with Crippen molar-refractivity contribution >= 4 is 22.9 Å². The molecule has 0 unspecified atom stereocenters. The number of hydrogen-bond acceptors (Lipinski definition) is 5. The van der Waals surface area contributed by atoms with Gasteiger partial charge in [0.25, 0.3) is 5.91 Å². The van der Waals surface area contributed by atoms with Gasteiger partial charge in [-0.1, -0.05) is 35.0 Å². The Kier molecular flexibility index (Phi) is 5.49. The fourth-order valence-electron chi connectivity index (χ4n) is 2.71. The zero-order chi connectivity index (χ0) is 19.4. The smallest absolute Gasteiger partial charge is 0.338 e. The predicted octanol–water partition coefficient (Wildman–Crippen LogP) is 2.58. The zero-order valence-corrected chi connectivity index (χ0v) is 15.7. The van der Waals surface area contributed by atoms with Gasteiger partial charge in [-0.25, -0.2) is 9.48 Å². The molecule has 0 spiro atoms. The lowest BCUT2D eigenvalue weighted by atomic mass is 10.1. The Hall–Kier alpha value is -3.22. The average Bonchev–Trinajstić information content (AvgIpc) is 3.09. The van der Waals surface area contributed by atoms with Crippen LogP contribution in [0, 0.1) is 6.92 Å². The molecule has 0 radical (unpaired) electrons. The summed E-state index contributed by atoms with van der Waals surface area (Å²) in [6, 6.07) is 13.0. The van der Waals surface area contributed by atoms with Crippen molar-refractivity contribution in [3.63, 3.8) is 0 Å². The number of benzene rings is 2. The SMILES string of the molecule is CCn1nnc2cc(C(=O)OCC(=O)N(C)Cc3ccc(C)cc3)ccc21. The maximum atomic E-state index is 12.2. The number of fused-ring (bicyclic) bond motifs is 1. The summed E-state index contributed by atoms with van der Waals surface area (Å²) in [7, 11) is 1.69. The molecule has 1 heterocycles. The summed E-state index contributed by atoms with van der Waals surface area (Å²) in [4.78, 5) is 26.0. The van der Waals surface area contributed by atoms with Crippen molar-refractivity contribution < 1.29 is 14.3 Å². The van der Waals surface area contributed by atoms with Gasteiger partial charge in [-0.05, 0) is 37.6 Å². The Morgan fingerprint density at radius 2 is 1.89 bits per heavy atom. The van der Waals surface area contributed by atoms with Crippen LogP contribution in [0.5, 0.6) is 0 Å². The number of hydrogen-bond donors (Lipinski definition) is 0. The van der Waals surface area contributed by atoms with E-state index in [1.54, 1.807) is 29.9 Å². The molecule has 0 N–H and O–H groups in total. The van der Waals surface area contributed by atoms with Crippen molar-refractivity contribution in [1.82, 2.24) is 19.9 Å². The van der Waals surface area contributed by atoms with Gasteiger partial charge >= 0.3 is 5.97 Å². The second-order valence-electron chi connectivity index (χ2n) is 6.42. The number of esters is 1. The zero-order valence-electron chi connectivity index (χ0n) is 15.7. The summed E-state index contributed by atoms with van der Waals surface area (Å²) in [5.41, 5.74) is 4.00. The van der Waals surface area contributed by atoms with Gasteiger partial charge in [0, 0.05) is 20.1 Å². The molecule has 7 nitrogen and oxygen atoms in total. The van der Waals surface area contributed by atoms with Gasteiger partial charge in [-0.2, -0.15) is 0 Å². The summed E-state index contributed by atoms with van der Waals surface area (Å²) < 4.78 is 6.91. The lowest BCUT2D eigenvalue weighted by Crippen LogP contribution is -2.30. The molecule has 0 bridgehead atoms. The molecule has 0 aliphatic carbocycles. The van der Waals surface area contributed by atoms with Gasteiger partial charge in [0.15, 0.2) is 6.61 Å². The molecule has 1 amide bonds. The van der Waals surface area contributed by atoms with Gasteiger partial charge in [0.1, 0.15) is 5.52 Å². The highest BCUT2D eigenvalue weighted by molar-refractivity contribution is 5.94. The minimum Gasteiger partial charge on any atom is -0.452 e. The van der Waals surface area contributed by atoms with Crippen LogP contribution in [-0.4, -0.2) is 45.4 Å². The van der Waals surface area contributed by atoms with E-state index in [-0.39, 0.29) is 12.5 Å². The molecule has 0 saturated carbocycles. The largest absolute Gasteiger partial charge is 0.452 e. The van der Waals surface area contributed by atoms with E-state index < -0.39 is 5.97 Å². The minimum atomic E-state index is -0.556. The molecular weight excluding hydrogens is 344 g/mol. The number of ether oxygens (including phenoxy) is 1. The molecule has 140 valence electrons. The lowest BCUT2D eigenvalue weighted by Gasteiger charge is -2.17. The molecule has 0 saturated heterocycles. The first-order chi connectivity index (χ1) is 13.0. The number of likely N-dealkylation sites (N-methyl/N-ethyl adjacent to an activating group) is 1. The Labute approximate surface area is 157 Å². The number of aryl methyl sites for hydroxylation is 2. The van der Waals surface area contributed by atoms with Crippen LogP contribution in [0.3, 0.4) is 0 Å². The van der Waals surface area contributed by atoms with Crippen LogP contribution in [0.1, 0.15) is 28.4 Å². The van der Waals surface area contributed by atoms with Gasteiger partial charge in [-0.15, -0.1) is 5.10 Å². The van der Waals surface area contributed by atoms with E-state index in [4.69, 9.17) is 4.74 Å². The minimum absolute atomic E-state index is 0.262. The molecule has 2 aromatic carbocycles. The third-order valence-corrected chi connectivity index (χ3v) is 4.34. The number of nitrogens with zero attached hydrogens (tertiary/aromatic N) is 4. The van der Waals surface area contributed by atoms with Crippen LogP contribution in [0.15, 0.2) is 42.5 Å². The average molecular weight is 366 g/mol. The number of aromatic nitrogens is 3. The van der Waals surface area contributed by atoms with Gasteiger partial charge in [0.05, 0.1) is 11.1 Å². The van der Waals surface area contributed by atoms with Crippen molar-refractivity contribution in [1.29, 1.82) is 0 Å². The van der Waals surface area contributed by atoms with Crippen LogP contribution in [0.4, 0.5) is 0 Å². The standard InChI is InChI=1S/C20H22N4O3/c1-4-24-18-10-9-16(11-17(18)21-22-24)20(26)27-13-19(25)23(3)12-15-7-5-14(2)6-8-15/h5-11H,4,12-13H2,1-3H3. The number of rotatable bonds is 6. The van der Waals surface area contributed by atoms with Crippen LogP contribution in [0.25, 0.3) is 11.0 Å². The molecule has 7 heteroatoms. The first-order valence-electron chi connectivity index (χ1n) is 8.78. The Balaban J connectivity index is 1.57. The maximum absolute atomic E-state index is 12.2. The predicted molar refractivity (Wildman–Crippen MR) is 101 cm³/mol. The third-order valence-electron chi connectivity index (χ3n) is 4.34. The van der Waals surface area contributed by atoms with E-state index in [0.29, 0.717) is 24.2 Å². The Morgan fingerprint density at radius 1 is 1.15 bits per heavy atom. The van der Waals surface area contributed by atoms with Crippen LogP contribution in [0.2, 0.25) is 0 Å². The van der Waals surface area contributed by atoms with E-state index in [1.807, 2.05) is 38.1 Å². The molecule has 0 aliphatic rings. The van der Waals surface area contributed by atoms with Gasteiger partial charge in [-0.3, -0.25) is 4.79 Å². The van der Waals surface area contributed by atoms with Crippen molar-refractivity contribution in [2.75, 3.05) is 13.7 Å². The van der Waals surface area contributed by atoms with Crippen molar-refractivity contribution in [2.45, 2.75) is 26.9 Å². The van der Waals surface area contributed by atoms with Crippen molar-refractivity contribution in [2.24, 2.45) is 0 Å². The highest BCUT2D eigenvalue weighted by atomic mass is 16.5. The Morgan fingerprint density at radius 3 is 2.59 bits per heavy atom. The molecule has 3 rings (SSSR count). The lowest BCUT2D eigenvalue weighted by molar-refractivity contribution is -0.133. The highest BCUT2D eigenvalue weighted by Crippen LogP contribution is 2.14. The molecule has 1 aromatic heterocycles. The summed E-state index contributed by atoms with van der Waals surface area (Å²) in [5.74, 6) is -0.818. The molecule has 0 atom stereocenters. The monoisotopic (exact) mass is 366 g/mol.